The van der Waals surface area contributed by atoms with E-state index in [-0.39, 0.29) is 0 Å². The van der Waals surface area contributed by atoms with Crippen molar-refractivity contribution in [2.45, 2.75) is 25.4 Å². The number of hydrogen-bond acceptors (Lipinski definition) is 4. The first-order chi connectivity index (χ1) is 12.7. The van der Waals surface area contributed by atoms with E-state index < -0.39 is 6.10 Å². The Kier molecular flexibility index (Phi) is 6.67. The predicted molar refractivity (Wildman–Crippen MR) is 107 cm³/mol. The molecule has 0 bridgehead atoms. The van der Waals surface area contributed by atoms with Crippen molar-refractivity contribution in [3.63, 3.8) is 0 Å². The smallest absolute Gasteiger partial charge is 0.0899 e. The van der Waals surface area contributed by atoms with E-state index in [0.717, 1.165) is 32.4 Å². The van der Waals surface area contributed by atoms with Gasteiger partial charge in [-0.05, 0) is 56.1 Å². The van der Waals surface area contributed by atoms with Gasteiger partial charge in [0.05, 0.1) is 12.7 Å². The average Bonchev–Trinajstić information content (AvgIpc) is 2.79. The third-order valence-electron chi connectivity index (χ3n) is 5.03. The highest BCUT2D eigenvalue weighted by Crippen LogP contribution is 2.35. The highest BCUT2D eigenvalue weighted by molar-refractivity contribution is 5.71. The summed E-state index contributed by atoms with van der Waals surface area (Å²) >= 11 is 0. The number of benzene rings is 2. The Balaban J connectivity index is 1.69. The topological polar surface area (TPSA) is 35.9 Å². The molecule has 4 nitrogen and oxygen atoms in total. The van der Waals surface area contributed by atoms with Crippen LogP contribution in [0.5, 0.6) is 0 Å². The zero-order chi connectivity index (χ0) is 18.4. The van der Waals surface area contributed by atoms with Gasteiger partial charge >= 0.3 is 0 Å². The summed E-state index contributed by atoms with van der Waals surface area (Å²) < 4.78 is 5.01. The minimum absolute atomic E-state index is 0.386. The van der Waals surface area contributed by atoms with Gasteiger partial charge in [-0.2, -0.15) is 0 Å². The molecule has 1 unspecified atom stereocenters. The van der Waals surface area contributed by atoms with E-state index in [1.165, 1.54) is 22.5 Å². The summed E-state index contributed by atoms with van der Waals surface area (Å²) in [5.41, 5.74) is 5.51. The van der Waals surface area contributed by atoms with Gasteiger partial charge in [-0.3, -0.25) is 0 Å². The number of aliphatic hydroxyl groups is 1. The number of anilines is 2. The molecule has 2 aromatic rings. The molecule has 1 aliphatic rings. The molecule has 0 amide bonds. The zero-order valence-electron chi connectivity index (χ0n) is 15.9. The Morgan fingerprint density at radius 3 is 2.19 bits per heavy atom. The summed E-state index contributed by atoms with van der Waals surface area (Å²) in [6.45, 7) is 2.94. The van der Waals surface area contributed by atoms with Crippen LogP contribution >= 0.6 is 0 Å². The van der Waals surface area contributed by atoms with Gasteiger partial charge in [0.2, 0.25) is 0 Å². The Hall–Kier alpha value is -1.88. The minimum atomic E-state index is -0.426. The average molecular weight is 354 g/mol. The molecular weight excluding hydrogens is 324 g/mol. The number of ether oxygens (including phenoxy) is 1. The first-order valence-corrected chi connectivity index (χ1v) is 9.48. The normalized spacial score (nSPS) is 14.7. The molecule has 26 heavy (non-hydrogen) atoms. The van der Waals surface area contributed by atoms with Crippen LogP contribution in [0.25, 0.3) is 0 Å². The van der Waals surface area contributed by atoms with Gasteiger partial charge in [-0.15, -0.1) is 0 Å². The fraction of sp³-hybridized carbons (Fsp3) is 0.455. The molecule has 1 N–H and O–H groups in total. The molecule has 140 valence electrons. The van der Waals surface area contributed by atoms with E-state index in [1.807, 2.05) is 0 Å². The molecule has 0 spiro atoms. The maximum Gasteiger partial charge on any atom is 0.0899 e. The number of nitrogens with zero attached hydrogens (tertiary/aromatic N) is 2. The molecule has 0 radical (unpaired) electrons. The first kappa shape index (κ1) is 18.9. The van der Waals surface area contributed by atoms with Crippen LogP contribution in [0.15, 0.2) is 48.5 Å². The third kappa shape index (κ3) is 4.64. The minimum Gasteiger partial charge on any atom is -0.389 e. The number of methoxy groups -OCH3 is 1. The van der Waals surface area contributed by atoms with Gasteiger partial charge in [0.15, 0.2) is 0 Å². The van der Waals surface area contributed by atoms with E-state index in [2.05, 4.69) is 65.4 Å². The lowest BCUT2D eigenvalue weighted by molar-refractivity contribution is 0.0432. The highest BCUT2D eigenvalue weighted by atomic mass is 16.5. The van der Waals surface area contributed by atoms with Crippen LogP contribution in [0.2, 0.25) is 0 Å². The van der Waals surface area contributed by atoms with Crippen molar-refractivity contribution in [1.29, 1.82) is 0 Å². The third-order valence-corrected chi connectivity index (χ3v) is 5.03. The number of aryl methyl sites for hydroxylation is 2. The van der Waals surface area contributed by atoms with Crippen molar-refractivity contribution in [2.24, 2.45) is 0 Å². The van der Waals surface area contributed by atoms with Gasteiger partial charge in [0.1, 0.15) is 0 Å². The van der Waals surface area contributed by atoms with Crippen molar-refractivity contribution in [3.05, 3.63) is 59.7 Å². The fourth-order valence-electron chi connectivity index (χ4n) is 3.81. The summed E-state index contributed by atoms with van der Waals surface area (Å²) in [6.07, 6.45) is 2.79. The summed E-state index contributed by atoms with van der Waals surface area (Å²) in [5.74, 6) is 0. The molecule has 0 aliphatic carbocycles. The van der Waals surface area contributed by atoms with Crippen molar-refractivity contribution < 1.29 is 9.84 Å². The quantitative estimate of drug-likeness (QED) is 0.789. The van der Waals surface area contributed by atoms with Gasteiger partial charge < -0.3 is 19.6 Å². The van der Waals surface area contributed by atoms with Crippen LogP contribution in [0, 0.1) is 0 Å². The maximum atomic E-state index is 9.89. The number of para-hydroxylation sites is 2. The molecule has 0 saturated heterocycles. The number of rotatable bonds is 8. The molecule has 1 atom stereocenters. The van der Waals surface area contributed by atoms with Crippen LogP contribution in [-0.2, 0) is 17.6 Å². The predicted octanol–water partition coefficient (Wildman–Crippen LogP) is 3.25. The van der Waals surface area contributed by atoms with Crippen molar-refractivity contribution in [1.82, 2.24) is 4.90 Å². The van der Waals surface area contributed by atoms with Gasteiger partial charge in [-0.25, -0.2) is 0 Å². The van der Waals surface area contributed by atoms with Crippen LogP contribution in [0.4, 0.5) is 11.4 Å². The molecule has 1 aliphatic heterocycles. The molecule has 4 heteroatoms. The number of aliphatic hydroxyl groups excluding tert-OH is 1. The summed E-state index contributed by atoms with van der Waals surface area (Å²) in [4.78, 5) is 4.65. The lowest BCUT2D eigenvalue weighted by Crippen LogP contribution is -2.33. The second-order valence-electron chi connectivity index (χ2n) is 7.13. The number of likely N-dealkylation sites (N-methyl/N-ethyl adjacent to an activating group) is 1. The summed E-state index contributed by atoms with van der Waals surface area (Å²) in [6, 6.07) is 17.5. The fourth-order valence-corrected chi connectivity index (χ4v) is 3.81. The first-order valence-electron chi connectivity index (χ1n) is 9.48. The van der Waals surface area contributed by atoms with E-state index in [1.54, 1.807) is 7.11 Å². The van der Waals surface area contributed by atoms with Gasteiger partial charge in [0, 0.05) is 31.6 Å². The Bertz CT molecular complexity index is 657. The molecule has 0 aromatic heterocycles. The standard InChI is InChI=1S/C22H30N2O2/c1-23(16-20(25)17-26-2)14-7-15-24-21-10-5-3-8-18(21)12-13-19-9-4-6-11-22(19)24/h3-6,8-11,20,25H,7,12-17H2,1-2H3. The zero-order valence-corrected chi connectivity index (χ0v) is 15.9. The lowest BCUT2D eigenvalue weighted by atomic mass is 10.0. The number of hydrogen-bond donors (Lipinski definition) is 1. The lowest BCUT2D eigenvalue weighted by Gasteiger charge is -2.28. The second kappa shape index (κ2) is 9.17. The molecule has 2 aromatic carbocycles. The molecular formula is C22H30N2O2. The largest absolute Gasteiger partial charge is 0.389 e. The van der Waals surface area contributed by atoms with Gasteiger partial charge in [-0.1, -0.05) is 36.4 Å². The molecule has 0 fully saturated rings. The molecule has 1 heterocycles. The Morgan fingerprint density at radius 2 is 1.62 bits per heavy atom. The van der Waals surface area contributed by atoms with Crippen LogP contribution < -0.4 is 4.90 Å². The van der Waals surface area contributed by atoms with Crippen molar-refractivity contribution >= 4 is 11.4 Å². The summed E-state index contributed by atoms with van der Waals surface area (Å²) in [5, 5.41) is 9.89. The van der Waals surface area contributed by atoms with Crippen molar-refractivity contribution in [2.75, 3.05) is 45.3 Å². The van der Waals surface area contributed by atoms with Crippen molar-refractivity contribution in [3.8, 4) is 0 Å². The van der Waals surface area contributed by atoms with E-state index >= 15 is 0 Å². The maximum absolute atomic E-state index is 9.89. The highest BCUT2D eigenvalue weighted by Gasteiger charge is 2.19. The second-order valence-corrected chi connectivity index (χ2v) is 7.13. The molecule has 0 saturated carbocycles. The Morgan fingerprint density at radius 1 is 1.04 bits per heavy atom. The SMILES string of the molecule is COCC(O)CN(C)CCCN1c2ccccc2CCc2ccccc21. The summed E-state index contributed by atoms with van der Waals surface area (Å²) in [7, 11) is 3.68. The Labute approximate surface area is 157 Å². The van der Waals surface area contributed by atoms with Crippen LogP contribution in [0.3, 0.4) is 0 Å². The van der Waals surface area contributed by atoms with Crippen LogP contribution in [-0.4, -0.2) is 56.5 Å². The molecule has 3 rings (SSSR count). The number of fused-ring (bicyclic) bond motifs is 2. The van der Waals surface area contributed by atoms with E-state index in [0.29, 0.717) is 13.2 Å². The van der Waals surface area contributed by atoms with E-state index in [9.17, 15) is 5.11 Å². The van der Waals surface area contributed by atoms with Crippen LogP contribution in [0.1, 0.15) is 17.5 Å². The monoisotopic (exact) mass is 354 g/mol. The van der Waals surface area contributed by atoms with Gasteiger partial charge in [0.25, 0.3) is 0 Å². The van der Waals surface area contributed by atoms with E-state index in [4.69, 9.17) is 4.74 Å².